The van der Waals surface area contributed by atoms with Crippen molar-refractivity contribution in [2.24, 2.45) is 0 Å². The highest BCUT2D eigenvalue weighted by molar-refractivity contribution is 6.37. The number of imide groups is 1. The van der Waals surface area contributed by atoms with Gasteiger partial charge in [-0.15, -0.1) is 0 Å². The molecule has 0 aliphatic heterocycles. The number of carbonyl (C=O) groups is 2. The van der Waals surface area contributed by atoms with Gasteiger partial charge < -0.3 is 10.1 Å². The number of aromatic nitrogens is 1. The van der Waals surface area contributed by atoms with E-state index in [1.807, 2.05) is 0 Å². The molecule has 0 saturated carbocycles. The SMILES string of the molecule is O=C(NC(=O)c1c(F)cccc1F)Nc1cc(Cl)c(Oc2ncc(Cl)cc2C(F)(F)F)c(Cl)c1. The van der Waals surface area contributed by atoms with Gasteiger partial charge in [-0.3, -0.25) is 10.1 Å². The van der Waals surface area contributed by atoms with Crippen molar-refractivity contribution in [3.8, 4) is 11.6 Å². The molecule has 0 fully saturated rings. The van der Waals surface area contributed by atoms with Crippen molar-refractivity contribution in [2.45, 2.75) is 6.18 Å². The van der Waals surface area contributed by atoms with Crippen LogP contribution in [0.4, 0.5) is 32.4 Å². The molecule has 0 aliphatic rings. The molecule has 0 atom stereocenters. The smallest absolute Gasteiger partial charge is 0.421 e. The number of alkyl halides is 3. The molecule has 3 rings (SSSR count). The number of ether oxygens (including phenoxy) is 1. The minimum atomic E-state index is -4.85. The van der Waals surface area contributed by atoms with Crippen LogP contribution in [0.15, 0.2) is 42.6 Å². The highest BCUT2D eigenvalue weighted by Gasteiger charge is 2.36. The summed E-state index contributed by atoms with van der Waals surface area (Å²) in [6.07, 6.45) is -3.93. The first-order valence-corrected chi connectivity index (χ1v) is 9.96. The van der Waals surface area contributed by atoms with E-state index >= 15 is 0 Å². The summed E-state index contributed by atoms with van der Waals surface area (Å²) in [5, 5.41) is 2.91. The van der Waals surface area contributed by atoms with Crippen molar-refractivity contribution < 1.29 is 36.3 Å². The predicted octanol–water partition coefficient (Wildman–Crippen LogP) is 7.09. The zero-order valence-electron chi connectivity index (χ0n) is 16.2. The normalized spacial score (nSPS) is 11.2. The fraction of sp³-hybridized carbons (Fsp3) is 0.0500. The minimum absolute atomic E-state index is 0.123. The molecular formula is C20H9Cl3F5N3O3. The fourth-order valence-corrected chi connectivity index (χ4v) is 3.30. The standard InChI is InChI=1S/C20H9Cl3F5N3O3/c21-8-4-10(20(26,27)28)18(29-7-8)34-16-11(22)5-9(6-12(16)23)30-19(33)31-17(32)15-13(24)2-1-3-14(15)25/h1-7H,(H2,30,31,32,33). The number of carbonyl (C=O) groups excluding carboxylic acids is 2. The number of anilines is 1. The van der Waals surface area contributed by atoms with Gasteiger partial charge >= 0.3 is 12.2 Å². The average molecular weight is 541 g/mol. The Balaban J connectivity index is 1.79. The van der Waals surface area contributed by atoms with Gasteiger partial charge in [0.05, 0.1) is 15.1 Å². The number of rotatable bonds is 4. The van der Waals surface area contributed by atoms with Gasteiger partial charge in [0.25, 0.3) is 5.91 Å². The van der Waals surface area contributed by atoms with Gasteiger partial charge in [-0.1, -0.05) is 40.9 Å². The van der Waals surface area contributed by atoms with Crippen LogP contribution in [0.25, 0.3) is 0 Å². The molecule has 14 heteroatoms. The van der Waals surface area contributed by atoms with E-state index in [0.29, 0.717) is 6.07 Å². The second-order valence-electron chi connectivity index (χ2n) is 6.38. The molecule has 0 unspecified atom stereocenters. The number of nitrogens with one attached hydrogen (secondary N) is 2. The van der Waals surface area contributed by atoms with Crippen molar-refractivity contribution in [3.05, 3.63) is 80.4 Å². The number of hydrogen-bond donors (Lipinski definition) is 2. The van der Waals surface area contributed by atoms with Gasteiger partial charge in [0.2, 0.25) is 5.88 Å². The summed E-state index contributed by atoms with van der Waals surface area (Å²) in [4.78, 5) is 27.5. The lowest BCUT2D eigenvalue weighted by Crippen LogP contribution is -2.35. The van der Waals surface area contributed by atoms with Crippen molar-refractivity contribution >= 4 is 52.4 Å². The second kappa shape index (κ2) is 10.00. The molecule has 3 amide bonds. The molecule has 0 spiro atoms. The van der Waals surface area contributed by atoms with Gasteiger partial charge in [0.1, 0.15) is 22.8 Å². The first-order chi connectivity index (χ1) is 15.9. The lowest BCUT2D eigenvalue weighted by molar-refractivity contribution is -0.138. The Labute approximate surface area is 202 Å². The number of hydrogen-bond acceptors (Lipinski definition) is 4. The summed E-state index contributed by atoms with van der Waals surface area (Å²) in [6.45, 7) is 0. The Morgan fingerprint density at radius 3 is 2.12 bits per heavy atom. The molecular weight excluding hydrogens is 532 g/mol. The van der Waals surface area contributed by atoms with E-state index in [2.05, 4.69) is 10.3 Å². The van der Waals surface area contributed by atoms with Crippen LogP contribution in [0.5, 0.6) is 11.6 Å². The molecule has 3 aromatic rings. The first kappa shape index (κ1) is 25.5. The monoisotopic (exact) mass is 539 g/mol. The third-order valence-electron chi connectivity index (χ3n) is 3.99. The van der Waals surface area contributed by atoms with Gasteiger partial charge in [0.15, 0.2) is 5.75 Å². The van der Waals surface area contributed by atoms with Crippen LogP contribution < -0.4 is 15.4 Å². The highest BCUT2D eigenvalue weighted by Crippen LogP contribution is 2.42. The number of halogens is 8. The van der Waals surface area contributed by atoms with E-state index in [-0.39, 0.29) is 20.8 Å². The van der Waals surface area contributed by atoms with Crippen LogP contribution in [0.1, 0.15) is 15.9 Å². The van der Waals surface area contributed by atoms with Crippen LogP contribution in [-0.2, 0) is 6.18 Å². The number of pyridine rings is 1. The maximum Gasteiger partial charge on any atom is 0.421 e. The van der Waals surface area contributed by atoms with E-state index in [4.69, 9.17) is 39.5 Å². The van der Waals surface area contributed by atoms with Gasteiger partial charge in [-0.05, 0) is 30.3 Å². The zero-order chi connectivity index (χ0) is 25.2. The maximum atomic E-state index is 13.7. The third-order valence-corrected chi connectivity index (χ3v) is 4.76. The summed E-state index contributed by atoms with van der Waals surface area (Å²) in [6, 6.07) is 4.17. The summed E-state index contributed by atoms with van der Waals surface area (Å²) >= 11 is 17.6. The number of urea groups is 1. The molecule has 178 valence electrons. The Bertz CT molecular complexity index is 1240. The van der Waals surface area contributed by atoms with Crippen LogP contribution >= 0.6 is 34.8 Å². The molecule has 0 aliphatic carbocycles. The van der Waals surface area contributed by atoms with Crippen LogP contribution in [0.2, 0.25) is 15.1 Å². The largest absolute Gasteiger partial charge is 0.435 e. The quantitative estimate of drug-likeness (QED) is 0.346. The molecule has 0 bridgehead atoms. The van der Waals surface area contributed by atoms with Crippen molar-refractivity contribution in [1.29, 1.82) is 0 Å². The molecule has 2 aromatic carbocycles. The average Bonchev–Trinajstić information content (AvgIpc) is 2.70. The van der Waals surface area contributed by atoms with Crippen molar-refractivity contribution in [1.82, 2.24) is 10.3 Å². The zero-order valence-corrected chi connectivity index (χ0v) is 18.5. The van der Waals surface area contributed by atoms with Gasteiger partial charge in [-0.2, -0.15) is 13.2 Å². The summed E-state index contributed by atoms with van der Waals surface area (Å²) < 4.78 is 72.2. The topological polar surface area (TPSA) is 80.3 Å². The summed E-state index contributed by atoms with van der Waals surface area (Å²) in [5.41, 5.74) is -2.39. The summed E-state index contributed by atoms with van der Waals surface area (Å²) in [5.74, 6) is -5.03. The Hall–Kier alpha value is -3.15. The molecule has 0 radical (unpaired) electrons. The Kier molecular flexibility index (Phi) is 7.49. The van der Waals surface area contributed by atoms with E-state index in [1.165, 1.54) is 0 Å². The number of nitrogens with zero attached hydrogens (tertiary/aromatic N) is 1. The van der Waals surface area contributed by atoms with E-state index in [9.17, 15) is 31.5 Å². The van der Waals surface area contributed by atoms with E-state index < -0.39 is 52.5 Å². The van der Waals surface area contributed by atoms with Gasteiger partial charge in [-0.25, -0.2) is 18.6 Å². The van der Waals surface area contributed by atoms with Crippen molar-refractivity contribution in [3.63, 3.8) is 0 Å². The Morgan fingerprint density at radius 2 is 1.56 bits per heavy atom. The minimum Gasteiger partial charge on any atom is -0.435 e. The molecule has 0 saturated heterocycles. The molecule has 1 aromatic heterocycles. The lowest BCUT2D eigenvalue weighted by Gasteiger charge is -2.15. The second-order valence-corrected chi connectivity index (χ2v) is 7.63. The molecule has 2 N–H and O–H groups in total. The first-order valence-electron chi connectivity index (χ1n) is 8.82. The fourth-order valence-electron chi connectivity index (χ4n) is 2.58. The molecule has 34 heavy (non-hydrogen) atoms. The maximum absolute atomic E-state index is 13.7. The highest BCUT2D eigenvalue weighted by atomic mass is 35.5. The van der Waals surface area contributed by atoms with Crippen LogP contribution in [-0.4, -0.2) is 16.9 Å². The number of amides is 3. The van der Waals surface area contributed by atoms with E-state index in [1.54, 1.807) is 5.32 Å². The molecule has 1 heterocycles. The Morgan fingerprint density at radius 1 is 0.971 bits per heavy atom. The number of benzene rings is 2. The predicted molar refractivity (Wildman–Crippen MR) is 114 cm³/mol. The van der Waals surface area contributed by atoms with Crippen molar-refractivity contribution in [2.75, 3.05) is 5.32 Å². The van der Waals surface area contributed by atoms with Gasteiger partial charge in [0, 0.05) is 11.9 Å². The lowest BCUT2D eigenvalue weighted by atomic mass is 10.2. The van der Waals surface area contributed by atoms with E-state index in [0.717, 1.165) is 36.5 Å². The van der Waals surface area contributed by atoms with Crippen LogP contribution in [0.3, 0.4) is 0 Å². The summed E-state index contributed by atoms with van der Waals surface area (Å²) in [7, 11) is 0. The van der Waals surface area contributed by atoms with Crippen LogP contribution in [0, 0.1) is 11.6 Å². The molecule has 6 nitrogen and oxygen atoms in total. The third kappa shape index (κ3) is 5.85.